The van der Waals surface area contributed by atoms with Crippen LogP contribution in [0.25, 0.3) is 0 Å². The van der Waals surface area contributed by atoms with Gasteiger partial charge in [-0.15, -0.1) is 0 Å². The van der Waals surface area contributed by atoms with E-state index in [2.05, 4.69) is 20.6 Å². The maximum Gasteiger partial charge on any atom is 0.316 e. The van der Waals surface area contributed by atoms with Crippen LogP contribution >= 0.6 is 0 Å². The van der Waals surface area contributed by atoms with Gasteiger partial charge in [-0.25, -0.2) is 0 Å². The highest BCUT2D eigenvalue weighted by Gasteiger charge is 2.23. The summed E-state index contributed by atoms with van der Waals surface area (Å²) < 4.78 is 6.42. The van der Waals surface area contributed by atoms with E-state index in [4.69, 9.17) is 4.52 Å². The number of aryl methyl sites for hydroxylation is 1. The van der Waals surface area contributed by atoms with Crippen LogP contribution < -0.4 is 5.32 Å². The predicted octanol–water partition coefficient (Wildman–Crippen LogP) is 2.33. The molecule has 0 aliphatic heterocycles. The summed E-state index contributed by atoms with van der Waals surface area (Å²) >= 11 is 0. The number of amides is 1. The van der Waals surface area contributed by atoms with Crippen LogP contribution in [0.1, 0.15) is 46.4 Å². The van der Waals surface area contributed by atoms with E-state index < -0.39 is 10.8 Å². The van der Waals surface area contributed by atoms with Crippen LogP contribution in [0.15, 0.2) is 34.9 Å². The Bertz CT molecular complexity index is 979. The van der Waals surface area contributed by atoms with Gasteiger partial charge < -0.3 is 9.84 Å². The quantitative estimate of drug-likeness (QED) is 0.520. The van der Waals surface area contributed by atoms with Gasteiger partial charge in [0.1, 0.15) is 17.9 Å². The summed E-state index contributed by atoms with van der Waals surface area (Å²) in [5.74, 6) is -0.471. The molecule has 0 radical (unpaired) electrons. The average molecular weight is 370 g/mol. The number of nitro groups is 1. The van der Waals surface area contributed by atoms with E-state index in [1.807, 2.05) is 37.3 Å². The van der Waals surface area contributed by atoms with Crippen LogP contribution in [0, 0.1) is 24.0 Å². The Morgan fingerprint density at radius 1 is 1.33 bits per heavy atom. The van der Waals surface area contributed by atoms with Gasteiger partial charge in [0.05, 0.1) is 11.0 Å². The van der Waals surface area contributed by atoms with E-state index in [0.717, 1.165) is 5.56 Å². The summed E-state index contributed by atoms with van der Waals surface area (Å²) in [6, 6.07) is 9.24. The first kappa shape index (κ1) is 18.2. The summed E-state index contributed by atoms with van der Waals surface area (Å²) in [6.07, 6.45) is 0. The SMILES string of the molecule is Cc1nn(Cc2noc(C(=O)NC(C)c3ccccc3)n2)c(C)c1[N+](=O)[O-]. The first-order chi connectivity index (χ1) is 12.9. The zero-order valence-corrected chi connectivity index (χ0v) is 15.0. The highest BCUT2D eigenvalue weighted by Crippen LogP contribution is 2.22. The molecule has 0 spiro atoms. The van der Waals surface area contributed by atoms with E-state index in [9.17, 15) is 14.9 Å². The van der Waals surface area contributed by atoms with Gasteiger partial charge in [-0.3, -0.25) is 19.6 Å². The molecule has 0 aliphatic rings. The zero-order valence-electron chi connectivity index (χ0n) is 15.0. The molecule has 27 heavy (non-hydrogen) atoms. The molecule has 1 aromatic carbocycles. The topological polar surface area (TPSA) is 129 Å². The summed E-state index contributed by atoms with van der Waals surface area (Å²) in [5, 5.41) is 21.7. The van der Waals surface area contributed by atoms with E-state index in [1.165, 1.54) is 4.68 Å². The summed E-state index contributed by atoms with van der Waals surface area (Å²) in [6.45, 7) is 5.06. The van der Waals surface area contributed by atoms with Crippen molar-refractivity contribution in [3.05, 3.63) is 69.1 Å². The molecule has 3 rings (SSSR count). The van der Waals surface area contributed by atoms with Crippen molar-refractivity contribution >= 4 is 11.6 Å². The van der Waals surface area contributed by atoms with Crippen molar-refractivity contribution in [1.82, 2.24) is 25.2 Å². The standard InChI is InChI=1S/C17H18N6O4/c1-10(13-7-5-4-6-8-13)18-16(24)17-19-14(21-27-17)9-22-12(3)15(23(25)26)11(2)20-22/h4-8,10H,9H2,1-3H3,(H,18,24). The van der Waals surface area contributed by atoms with Crippen molar-refractivity contribution < 1.29 is 14.2 Å². The van der Waals surface area contributed by atoms with E-state index in [1.54, 1.807) is 13.8 Å². The largest absolute Gasteiger partial charge is 0.341 e. The molecule has 140 valence electrons. The van der Waals surface area contributed by atoms with Gasteiger partial charge >= 0.3 is 17.5 Å². The van der Waals surface area contributed by atoms with Gasteiger partial charge in [-0.2, -0.15) is 10.1 Å². The minimum absolute atomic E-state index is 0.0480. The molecule has 1 atom stereocenters. The van der Waals surface area contributed by atoms with Gasteiger partial charge in [0.15, 0.2) is 5.82 Å². The van der Waals surface area contributed by atoms with Gasteiger partial charge in [0, 0.05) is 0 Å². The number of carbonyl (C=O) groups is 1. The molecular formula is C17H18N6O4. The zero-order chi connectivity index (χ0) is 19.6. The van der Waals surface area contributed by atoms with Gasteiger partial charge in [-0.05, 0) is 26.3 Å². The Labute approximate surface area is 154 Å². The third-order valence-electron chi connectivity index (χ3n) is 4.13. The van der Waals surface area contributed by atoms with Crippen LogP contribution in [0.3, 0.4) is 0 Å². The maximum atomic E-state index is 12.3. The first-order valence-corrected chi connectivity index (χ1v) is 8.23. The lowest BCUT2D eigenvalue weighted by molar-refractivity contribution is -0.386. The molecular weight excluding hydrogens is 352 g/mol. The molecule has 1 N–H and O–H groups in total. The van der Waals surface area contributed by atoms with Crippen molar-refractivity contribution in [2.75, 3.05) is 0 Å². The number of hydrogen-bond acceptors (Lipinski definition) is 7. The fourth-order valence-electron chi connectivity index (χ4n) is 2.73. The lowest BCUT2D eigenvalue weighted by atomic mass is 10.1. The molecule has 2 heterocycles. The number of hydrogen-bond donors (Lipinski definition) is 1. The fourth-order valence-corrected chi connectivity index (χ4v) is 2.73. The minimum atomic E-state index is -0.496. The van der Waals surface area contributed by atoms with Crippen LogP contribution in [-0.4, -0.2) is 30.8 Å². The Morgan fingerprint density at radius 3 is 2.67 bits per heavy atom. The molecule has 0 fully saturated rings. The first-order valence-electron chi connectivity index (χ1n) is 8.23. The normalized spacial score (nSPS) is 12.0. The van der Waals surface area contributed by atoms with E-state index in [0.29, 0.717) is 11.4 Å². The summed E-state index contributed by atoms with van der Waals surface area (Å²) in [4.78, 5) is 26.9. The molecule has 10 nitrogen and oxygen atoms in total. The highest BCUT2D eigenvalue weighted by molar-refractivity contribution is 5.89. The third kappa shape index (κ3) is 3.84. The third-order valence-corrected chi connectivity index (χ3v) is 4.13. The Morgan fingerprint density at radius 2 is 2.04 bits per heavy atom. The van der Waals surface area contributed by atoms with Gasteiger partial charge in [-0.1, -0.05) is 35.5 Å². The van der Waals surface area contributed by atoms with Crippen LogP contribution in [-0.2, 0) is 6.54 Å². The molecule has 1 amide bonds. The minimum Gasteiger partial charge on any atom is -0.341 e. The number of aromatic nitrogens is 4. The molecule has 3 aromatic rings. The number of rotatable bonds is 6. The molecule has 0 saturated heterocycles. The number of carbonyl (C=O) groups excluding carboxylic acids is 1. The number of nitrogens with one attached hydrogen (secondary N) is 1. The van der Waals surface area contributed by atoms with Crippen molar-refractivity contribution in [3.63, 3.8) is 0 Å². The smallest absolute Gasteiger partial charge is 0.316 e. The number of nitrogens with zero attached hydrogens (tertiary/aromatic N) is 5. The molecule has 0 saturated carbocycles. The van der Waals surface area contributed by atoms with Crippen LogP contribution in [0.4, 0.5) is 5.69 Å². The second-order valence-electron chi connectivity index (χ2n) is 6.06. The average Bonchev–Trinajstić information content (AvgIpc) is 3.20. The molecule has 0 bridgehead atoms. The summed E-state index contributed by atoms with van der Waals surface area (Å²) in [5.41, 5.74) is 1.58. The Kier molecular flexibility index (Phi) is 4.97. The molecule has 2 aromatic heterocycles. The van der Waals surface area contributed by atoms with E-state index >= 15 is 0 Å². The fraction of sp³-hybridized carbons (Fsp3) is 0.294. The van der Waals surface area contributed by atoms with Crippen molar-refractivity contribution in [2.24, 2.45) is 0 Å². The lowest BCUT2D eigenvalue weighted by Gasteiger charge is -2.12. The second-order valence-corrected chi connectivity index (χ2v) is 6.06. The second kappa shape index (κ2) is 7.36. The van der Waals surface area contributed by atoms with Crippen LogP contribution in [0.5, 0.6) is 0 Å². The van der Waals surface area contributed by atoms with Crippen molar-refractivity contribution in [1.29, 1.82) is 0 Å². The Hall–Kier alpha value is -3.56. The Balaban J connectivity index is 1.71. The summed E-state index contributed by atoms with van der Waals surface area (Å²) in [7, 11) is 0. The lowest BCUT2D eigenvalue weighted by Crippen LogP contribution is -2.26. The maximum absolute atomic E-state index is 12.3. The number of benzene rings is 1. The molecule has 1 unspecified atom stereocenters. The predicted molar refractivity (Wildman–Crippen MR) is 94.1 cm³/mol. The van der Waals surface area contributed by atoms with Gasteiger partial charge in [0.25, 0.3) is 0 Å². The highest BCUT2D eigenvalue weighted by atomic mass is 16.6. The van der Waals surface area contributed by atoms with Crippen LogP contribution in [0.2, 0.25) is 0 Å². The molecule has 0 aliphatic carbocycles. The van der Waals surface area contributed by atoms with Crippen molar-refractivity contribution in [3.8, 4) is 0 Å². The van der Waals surface area contributed by atoms with Crippen molar-refractivity contribution in [2.45, 2.75) is 33.4 Å². The molecule has 10 heteroatoms. The van der Waals surface area contributed by atoms with Gasteiger partial charge in [0.2, 0.25) is 0 Å². The monoisotopic (exact) mass is 370 g/mol. The van der Waals surface area contributed by atoms with E-state index in [-0.39, 0.29) is 30.0 Å².